The van der Waals surface area contributed by atoms with Gasteiger partial charge >= 0.3 is 0 Å². The summed E-state index contributed by atoms with van der Waals surface area (Å²) < 4.78 is 0. The summed E-state index contributed by atoms with van der Waals surface area (Å²) in [5.41, 5.74) is 1.40. The van der Waals surface area contributed by atoms with Crippen LogP contribution in [0.4, 0.5) is 5.69 Å². The molecule has 0 radical (unpaired) electrons. The fourth-order valence-electron chi connectivity index (χ4n) is 4.54. The molecule has 2 unspecified atom stereocenters. The van der Waals surface area contributed by atoms with Crippen LogP contribution in [0.25, 0.3) is 0 Å². The van der Waals surface area contributed by atoms with Crippen molar-refractivity contribution in [2.24, 2.45) is 11.8 Å². The van der Waals surface area contributed by atoms with Crippen molar-refractivity contribution in [2.75, 3.05) is 24.5 Å². The van der Waals surface area contributed by atoms with E-state index in [0.717, 1.165) is 11.8 Å². The first-order valence-corrected chi connectivity index (χ1v) is 9.88. The highest BCUT2D eigenvalue weighted by Crippen LogP contribution is 2.27. The largest absolute Gasteiger partial charge is 0.370 e. The maximum absolute atomic E-state index is 3.94. The lowest BCUT2D eigenvalue weighted by Crippen LogP contribution is -2.50. The molecule has 2 atom stereocenters. The third-order valence-corrected chi connectivity index (χ3v) is 5.78. The van der Waals surface area contributed by atoms with Crippen LogP contribution in [-0.2, 0) is 0 Å². The van der Waals surface area contributed by atoms with E-state index in [-0.39, 0.29) is 0 Å². The average molecular weight is 315 g/mol. The van der Waals surface area contributed by atoms with Crippen molar-refractivity contribution in [1.82, 2.24) is 5.32 Å². The second kappa shape index (κ2) is 8.73. The number of benzene rings is 1. The van der Waals surface area contributed by atoms with E-state index in [2.05, 4.69) is 47.5 Å². The Kier molecular flexibility index (Phi) is 6.38. The van der Waals surface area contributed by atoms with Gasteiger partial charge in [-0.1, -0.05) is 50.8 Å². The van der Waals surface area contributed by atoms with Crippen molar-refractivity contribution in [3.05, 3.63) is 30.3 Å². The highest BCUT2D eigenvalue weighted by atomic mass is 15.2. The molecule has 1 saturated carbocycles. The van der Waals surface area contributed by atoms with E-state index in [1.807, 2.05) is 0 Å². The van der Waals surface area contributed by atoms with Crippen molar-refractivity contribution in [3.63, 3.8) is 0 Å². The second-order valence-electron chi connectivity index (χ2n) is 7.74. The van der Waals surface area contributed by atoms with Gasteiger partial charge < -0.3 is 10.2 Å². The van der Waals surface area contributed by atoms with Crippen LogP contribution in [-0.4, -0.2) is 25.7 Å². The SMILES string of the molecule is CCCC1CC(NCC2CCCCC2)CN(c2ccccc2)C1. The molecule has 1 aromatic carbocycles. The van der Waals surface area contributed by atoms with E-state index in [4.69, 9.17) is 0 Å². The fourth-order valence-corrected chi connectivity index (χ4v) is 4.54. The van der Waals surface area contributed by atoms with Crippen LogP contribution in [0.3, 0.4) is 0 Å². The van der Waals surface area contributed by atoms with Crippen molar-refractivity contribution >= 4 is 5.69 Å². The van der Waals surface area contributed by atoms with E-state index < -0.39 is 0 Å². The predicted molar refractivity (Wildman–Crippen MR) is 100 cm³/mol. The first-order valence-electron chi connectivity index (χ1n) is 9.88. The minimum atomic E-state index is 0.669. The number of rotatable bonds is 6. The van der Waals surface area contributed by atoms with E-state index in [1.165, 1.54) is 76.7 Å². The number of nitrogens with one attached hydrogen (secondary N) is 1. The first-order chi connectivity index (χ1) is 11.3. The van der Waals surface area contributed by atoms with Gasteiger partial charge in [-0.3, -0.25) is 0 Å². The quantitative estimate of drug-likeness (QED) is 0.807. The van der Waals surface area contributed by atoms with Crippen LogP contribution in [0.2, 0.25) is 0 Å². The average Bonchev–Trinajstić information content (AvgIpc) is 2.62. The molecule has 1 N–H and O–H groups in total. The molecule has 1 heterocycles. The third-order valence-electron chi connectivity index (χ3n) is 5.78. The zero-order valence-corrected chi connectivity index (χ0v) is 14.8. The van der Waals surface area contributed by atoms with Gasteiger partial charge in [0.05, 0.1) is 0 Å². The van der Waals surface area contributed by atoms with Gasteiger partial charge in [-0.05, 0) is 56.2 Å². The molecule has 23 heavy (non-hydrogen) atoms. The van der Waals surface area contributed by atoms with Gasteiger partial charge in [0.1, 0.15) is 0 Å². The van der Waals surface area contributed by atoms with Gasteiger partial charge in [0.25, 0.3) is 0 Å². The fraction of sp³-hybridized carbons (Fsp3) is 0.714. The first kappa shape index (κ1) is 16.8. The number of hydrogen-bond acceptors (Lipinski definition) is 2. The van der Waals surface area contributed by atoms with E-state index in [0.29, 0.717) is 6.04 Å². The van der Waals surface area contributed by atoms with Crippen LogP contribution in [0.5, 0.6) is 0 Å². The van der Waals surface area contributed by atoms with Gasteiger partial charge in [-0.25, -0.2) is 0 Å². The summed E-state index contributed by atoms with van der Waals surface area (Å²) in [6.07, 6.45) is 11.3. The summed E-state index contributed by atoms with van der Waals surface area (Å²) >= 11 is 0. The van der Waals surface area contributed by atoms with Gasteiger partial charge in [0, 0.05) is 24.8 Å². The molecule has 2 nitrogen and oxygen atoms in total. The standard InChI is InChI=1S/C21H34N2/c1-2-9-19-14-20(22-15-18-10-5-3-6-11-18)17-23(16-19)21-12-7-4-8-13-21/h4,7-8,12-13,18-20,22H,2-3,5-6,9-11,14-17H2,1H3. The molecule has 2 aliphatic rings. The van der Waals surface area contributed by atoms with E-state index in [9.17, 15) is 0 Å². The molecular formula is C21H34N2. The molecule has 3 rings (SSSR count). The molecule has 0 bridgehead atoms. The monoisotopic (exact) mass is 314 g/mol. The highest BCUT2D eigenvalue weighted by molar-refractivity contribution is 5.46. The zero-order chi connectivity index (χ0) is 15.9. The lowest BCUT2D eigenvalue weighted by Gasteiger charge is -2.40. The molecule has 0 amide bonds. The summed E-state index contributed by atoms with van der Waals surface area (Å²) in [6, 6.07) is 11.7. The van der Waals surface area contributed by atoms with Gasteiger partial charge in [-0.15, -0.1) is 0 Å². The molecule has 1 aromatic rings. The molecule has 1 saturated heterocycles. The van der Waals surface area contributed by atoms with Gasteiger partial charge in [0.2, 0.25) is 0 Å². The third kappa shape index (κ3) is 4.97. The Morgan fingerprint density at radius 1 is 1.00 bits per heavy atom. The van der Waals surface area contributed by atoms with Crippen molar-refractivity contribution in [3.8, 4) is 0 Å². The second-order valence-corrected chi connectivity index (χ2v) is 7.74. The topological polar surface area (TPSA) is 15.3 Å². The number of piperidine rings is 1. The molecular weight excluding hydrogens is 280 g/mol. The summed E-state index contributed by atoms with van der Waals surface area (Å²) in [7, 11) is 0. The summed E-state index contributed by atoms with van der Waals surface area (Å²) in [5.74, 6) is 1.78. The van der Waals surface area contributed by atoms with Gasteiger partial charge in [0.15, 0.2) is 0 Å². The Bertz CT molecular complexity index is 438. The highest BCUT2D eigenvalue weighted by Gasteiger charge is 2.27. The molecule has 0 spiro atoms. The molecule has 0 aromatic heterocycles. The number of hydrogen-bond donors (Lipinski definition) is 1. The van der Waals surface area contributed by atoms with Crippen LogP contribution >= 0.6 is 0 Å². The van der Waals surface area contributed by atoms with Crippen molar-refractivity contribution < 1.29 is 0 Å². The Labute approximate surface area is 142 Å². The minimum absolute atomic E-state index is 0.669. The van der Waals surface area contributed by atoms with E-state index in [1.54, 1.807) is 0 Å². The maximum atomic E-state index is 3.94. The zero-order valence-electron chi connectivity index (χ0n) is 14.8. The number of nitrogens with zero attached hydrogens (tertiary/aromatic N) is 1. The molecule has 1 aliphatic carbocycles. The van der Waals surface area contributed by atoms with E-state index >= 15 is 0 Å². The Balaban J connectivity index is 1.57. The summed E-state index contributed by atoms with van der Waals surface area (Å²) in [4.78, 5) is 2.61. The number of para-hydroxylation sites is 1. The van der Waals surface area contributed by atoms with Crippen LogP contribution in [0.1, 0.15) is 58.3 Å². The lowest BCUT2D eigenvalue weighted by atomic mass is 9.87. The molecule has 1 aliphatic heterocycles. The summed E-state index contributed by atoms with van der Waals surface area (Å²) in [6.45, 7) is 5.98. The maximum Gasteiger partial charge on any atom is 0.0366 e. The lowest BCUT2D eigenvalue weighted by molar-refractivity contribution is 0.281. The Hall–Kier alpha value is -1.02. The smallest absolute Gasteiger partial charge is 0.0366 e. The summed E-state index contributed by atoms with van der Waals surface area (Å²) in [5, 5.41) is 3.94. The molecule has 2 heteroatoms. The van der Waals surface area contributed by atoms with Crippen molar-refractivity contribution in [2.45, 2.75) is 64.3 Å². The predicted octanol–water partition coefficient (Wildman–Crippen LogP) is 4.85. The molecule has 2 fully saturated rings. The van der Waals surface area contributed by atoms with Crippen LogP contribution < -0.4 is 10.2 Å². The Morgan fingerprint density at radius 2 is 1.78 bits per heavy atom. The Morgan fingerprint density at radius 3 is 2.52 bits per heavy atom. The molecule has 128 valence electrons. The number of anilines is 1. The van der Waals surface area contributed by atoms with Crippen LogP contribution in [0, 0.1) is 11.8 Å². The minimum Gasteiger partial charge on any atom is -0.370 e. The normalized spacial score (nSPS) is 26.4. The van der Waals surface area contributed by atoms with Crippen molar-refractivity contribution in [1.29, 1.82) is 0 Å². The van der Waals surface area contributed by atoms with Gasteiger partial charge in [-0.2, -0.15) is 0 Å². The van der Waals surface area contributed by atoms with Crippen LogP contribution in [0.15, 0.2) is 30.3 Å².